The normalized spacial score (nSPS) is 27.5. The number of nitrogens with zero attached hydrogens (tertiary/aromatic N) is 1. The van der Waals surface area contributed by atoms with Gasteiger partial charge in [-0.05, 0) is 31.9 Å². The van der Waals surface area contributed by atoms with E-state index in [9.17, 15) is 14.4 Å². The van der Waals surface area contributed by atoms with E-state index in [0.29, 0.717) is 16.9 Å². The molecule has 0 saturated carbocycles. The van der Waals surface area contributed by atoms with Crippen molar-refractivity contribution < 1.29 is 19.1 Å². The molecule has 6 nitrogen and oxygen atoms in total. The second-order valence-corrected chi connectivity index (χ2v) is 8.89. The lowest BCUT2D eigenvalue weighted by Gasteiger charge is -2.59. The molecule has 144 valence electrons. The zero-order chi connectivity index (χ0) is 20.0. The second-order valence-electron chi connectivity index (χ2n) is 7.83. The van der Waals surface area contributed by atoms with Crippen molar-refractivity contribution >= 4 is 29.5 Å². The van der Waals surface area contributed by atoms with Crippen LogP contribution in [0.5, 0.6) is 0 Å². The number of ether oxygens (including phenoxy) is 1. The molecule has 3 rings (SSSR count). The number of rotatable bonds is 3. The van der Waals surface area contributed by atoms with Gasteiger partial charge in [0.05, 0.1) is 0 Å². The summed E-state index contributed by atoms with van der Waals surface area (Å²) in [7, 11) is 0. The maximum absolute atomic E-state index is 13.3. The molecule has 0 unspecified atom stereocenters. The third-order valence-corrected chi connectivity index (χ3v) is 5.95. The number of nitrogens with one attached hydrogen (secondary N) is 1. The van der Waals surface area contributed by atoms with Crippen LogP contribution in [0.25, 0.3) is 0 Å². The zero-order valence-corrected chi connectivity index (χ0v) is 16.8. The van der Waals surface area contributed by atoms with Gasteiger partial charge in [-0.15, -0.1) is 11.8 Å². The molecule has 2 aliphatic rings. The van der Waals surface area contributed by atoms with Gasteiger partial charge in [-0.1, -0.05) is 36.9 Å². The van der Waals surface area contributed by atoms with Gasteiger partial charge < -0.3 is 15.0 Å². The van der Waals surface area contributed by atoms with Gasteiger partial charge in [0.1, 0.15) is 11.0 Å². The number of carbonyl (C=O) groups excluding carboxylic acids is 3. The van der Waals surface area contributed by atoms with Crippen LogP contribution in [0.4, 0.5) is 0 Å². The highest BCUT2D eigenvalue weighted by molar-refractivity contribution is 8.00. The average molecular weight is 388 g/mol. The first-order chi connectivity index (χ1) is 12.6. The number of carbonyl (C=O) groups is 3. The van der Waals surface area contributed by atoms with E-state index in [1.54, 1.807) is 20.8 Å². The predicted molar refractivity (Wildman–Crippen MR) is 104 cm³/mol. The van der Waals surface area contributed by atoms with Crippen LogP contribution in [-0.4, -0.2) is 45.5 Å². The summed E-state index contributed by atoms with van der Waals surface area (Å²) >= 11 is 1.49. The molecular formula is C20H24N2O4S. The molecule has 2 amide bonds. The predicted octanol–water partition coefficient (Wildman–Crippen LogP) is 2.20. The Bertz CT molecular complexity index is 802. The molecule has 2 aliphatic heterocycles. The number of β-lactam (4-membered cyclic amide) rings is 1. The minimum atomic E-state index is -1.18. The van der Waals surface area contributed by atoms with Gasteiger partial charge >= 0.3 is 5.97 Å². The third-order valence-electron chi connectivity index (χ3n) is 4.52. The summed E-state index contributed by atoms with van der Waals surface area (Å²) < 4.78 is 5.51. The molecule has 1 aromatic rings. The molecule has 0 radical (unpaired) electrons. The quantitative estimate of drug-likeness (QED) is 0.488. The lowest BCUT2D eigenvalue weighted by Crippen LogP contribution is -2.80. The van der Waals surface area contributed by atoms with Crippen molar-refractivity contribution in [1.29, 1.82) is 0 Å². The number of thioether (sulfide) groups is 1. The SMILES string of the molecule is C=C1CS[C@H]2N(C(=O)[C@]2(NC(C)=O)c2ccccc2)[C@H]1C(=O)OC(C)(C)C. The fraction of sp³-hybridized carbons (Fsp3) is 0.450. The molecule has 0 aromatic heterocycles. The van der Waals surface area contributed by atoms with Crippen molar-refractivity contribution in [1.82, 2.24) is 10.2 Å². The van der Waals surface area contributed by atoms with Crippen LogP contribution >= 0.6 is 11.8 Å². The van der Waals surface area contributed by atoms with E-state index in [1.807, 2.05) is 30.3 Å². The third kappa shape index (κ3) is 3.25. The fourth-order valence-electron chi connectivity index (χ4n) is 3.55. The van der Waals surface area contributed by atoms with E-state index in [-0.39, 0.29) is 11.8 Å². The number of benzene rings is 1. The number of fused-ring (bicyclic) bond motifs is 1. The lowest BCUT2D eigenvalue weighted by molar-refractivity contribution is -0.176. The topological polar surface area (TPSA) is 75.7 Å². The highest BCUT2D eigenvalue weighted by atomic mass is 32.2. The zero-order valence-electron chi connectivity index (χ0n) is 15.9. The van der Waals surface area contributed by atoms with Crippen LogP contribution in [-0.2, 0) is 24.7 Å². The largest absolute Gasteiger partial charge is 0.458 e. The monoisotopic (exact) mass is 388 g/mol. The van der Waals surface area contributed by atoms with Crippen molar-refractivity contribution in [3.8, 4) is 0 Å². The summed E-state index contributed by atoms with van der Waals surface area (Å²) in [6.45, 7) is 10.7. The van der Waals surface area contributed by atoms with Crippen molar-refractivity contribution in [2.75, 3.05) is 5.75 Å². The van der Waals surface area contributed by atoms with E-state index in [2.05, 4.69) is 11.9 Å². The van der Waals surface area contributed by atoms with Crippen molar-refractivity contribution in [3.05, 3.63) is 48.0 Å². The molecule has 1 aromatic carbocycles. The number of amides is 2. The first-order valence-electron chi connectivity index (χ1n) is 8.77. The van der Waals surface area contributed by atoms with Gasteiger partial charge in [-0.25, -0.2) is 4.79 Å². The molecule has 2 saturated heterocycles. The van der Waals surface area contributed by atoms with Gasteiger partial charge in [0.25, 0.3) is 5.91 Å². The summed E-state index contributed by atoms with van der Waals surface area (Å²) in [6, 6.07) is 8.30. The second kappa shape index (κ2) is 6.71. The van der Waals surface area contributed by atoms with Crippen LogP contribution in [0.15, 0.2) is 42.5 Å². The highest BCUT2D eigenvalue weighted by Crippen LogP contribution is 2.51. The average Bonchev–Trinajstić information content (AvgIpc) is 2.58. The summed E-state index contributed by atoms with van der Waals surface area (Å²) in [5.41, 5.74) is -0.518. The summed E-state index contributed by atoms with van der Waals surface area (Å²) in [5.74, 6) is -0.605. The maximum Gasteiger partial charge on any atom is 0.333 e. The van der Waals surface area contributed by atoms with E-state index in [4.69, 9.17) is 4.74 Å². The Morgan fingerprint density at radius 1 is 1.30 bits per heavy atom. The van der Waals surface area contributed by atoms with Crippen LogP contribution in [0.3, 0.4) is 0 Å². The Morgan fingerprint density at radius 2 is 1.93 bits per heavy atom. The summed E-state index contributed by atoms with van der Waals surface area (Å²) in [4.78, 5) is 39.5. The minimum absolute atomic E-state index is 0.300. The van der Waals surface area contributed by atoms with Gasteiger partial charge in [-0.2, -0.15) is 0 Å². The Balaban J connectivity index is 1.99. The van der Waals surface area contributed by atoms with Crippen molar-refractivity contribution in [2.24, 2.45) is 0 Å². The van der Waals surface area contributed by atoms with Gasteiger partial charge in [0.15, 0.2) is 11.6 Å². The Morgan fingerprint density at radius 3 is 2.48 bits per heavy atom. The van der Waals surface area contributed by atoms with Gasteiger partial charge in [-0.3, -0.25) is 9.59 Å². The molecule has 0 aliphatic carbocycles. The van der Waals surface area contributed by atoms with Crippen LogP contribution in [0, 0.1) is 0 Å². The molecule has 7 heteroatoms. The lowest BCUT2D eigenvalue weighted by atomic mass is 9.78. The van der Waals surface area contributed by atoms with Gasteiger partial charge in [0, 0.05) is 12.7 Å². The molecule has 2 heterocycles. The molecule has 0 spiro atoms. The summed E-state index contributed by atoms with van der Waals surface area (Å²) in [5, 5.41) is 2.44. The fourth-order valence-corrected chi connectivity index (χ4v) is 5.00. The highest BCUT2D eigenvalue weighted by Gasteiger charge is 2.67. The molecule has 3 atom stereocenters. The Hall–Kier alpha value is -2.28. The van der Waals surface area contributed by atoms with Crippen LogP contribution < -0.4 is 5.32 Å². The van der Waals surface area contributed by atoms with Crippen LogP contribution in [0.2, 0.25) is 0 Å². The molecule has 2 fully saturated rings. The smallest absolute Gasteiger partial charge is 0.333 e. The van der Waals surface area contributed by atoms with E-state index in [0.717, 1.165) is 0 Å². The first-order valence-corrected chi connectivity index (χ1v) is 9.82. The standard InChI is InChI=1S/C20H24N2O4S/c1-12-11-27-18-20(21-13(2)23,14-9-7-6-8-10-14)17(25)22(18)15(12)16(24)26-19(3,4)5/h6-10,15,18H,1,11H2,2-5H3,(H,21,23)/t15-,18-,20-/m1/s1. The first kappa shape index (κ1) is 19.5. The van der Waals surface area contributed by atoms with Crippen molar-refractivity contribution in [2.45, 2.75) is 50.3 Å². The summed E-state index contributed by atoms with van der Waals surface area (Å²) in [6.07, 6.45) is 0. The molecule has 1 N–H and O–H groups in total. The van der Waals surface area contributed by atoms with Gasteiger partial charge in [0.2, 0.25) is 5.91 Å². The number of hydrogen-bond donors (Lipinski definition) is 1. The Kier molecular flexibility index (Phi) is 4.84. The van der Waals surface area contributed by atoms with Crippen molar-refractivity contribution in [3.63, 3.8) is 0 Å². The minimum Gasteiger partial charge on any atom is -0.458 e. The van der Waals surface area contributed by atoms with E-state index >= 15 is 0 Å². The maximum atomic E-state index is 13.3. The number of hydrogen-bond acceptors (Lipinski definition) is 5. The van der Waals surface area contributed by atoms with E-state index < -0.39 is 28.5 Å². The van der Waals surface area contributed by atoms with E-state index in [1.165, 1.54) is 23.6 Å². The molecule has 0 bridgehead atoms. The number of esters is 1. The Labute approximate surface area is 163 Å². The molecular weight excluding hydrogens is 364 g/mol. The van der Waals surface area contributed by atoms with Crippen LogP contribution in [0.1, 0.15) is 33.3 Å². The molecule has 27 heavy (non-hydrogen) atoms.